The molecular weight excluding hydrogens is 180 g/mol. The van der Waals surface area contributed by atoms with Crippen molar-refractivity contribution >= 4 is 0 Å². The third-order valence-corrected chi connectivity index (χ3v) is 5.09. The summed E-state index contributed by atoms with van der Waals surface area (Å²) in [6.45, 7) is 12.0. The molecule has 0 nitrogen and oxygen atoms in total. The summed E-state index contributed by atoms with van der Waals surface area (Å²) in [7, 11) is 0. The Balaban J connectivity index is 2.29. The summed E-state index contributed by atoms with van der Waals surface area (Å²) in [4.78, 5) is 0. The highest BCUT2D eigenvalue weighted by Crippen LogP contribution is 2.57. The molecule has 0 N–H and O–H groups in total. The van der Waals surface area contributed by atoms with E-state index in [1.165, 1.54) is 38.5 Å². The van der Waals surface area contributed by atoms with E-state index in [2.05, 4.69) is 34.6 Å². The van der Waals surface area contributed by atoms with Gasteiger partial charge >= 0.3 is 0 Å². The average Bonchev–Trinajstić information content (AvgIpc) is 2.90. The van der Waals surface area contributed by atoms with Crippen molar-refractivity contribution in [3.8, 4) is 0 Å². The van der Waals surface area contributed by atoms with Gasteiger partial charge in [0.2, 0.25) is 0 Å². The first kappa shape index (κ1) is 13.1. The molecule has 0 bridgehead atoms. The minimum absolute atomic E-state index is 0.732. The Hall–Kier alpha value is 0. The summed E-state index contributed by atoms with van der Waals surface area (Å²) in [5.41, 5.74) is 0.732. The van der Waals surface area contributed by atoms with Crippen LogP contribution in [0.25, 0.3) is 0 Å². The summed E-state index contributed by atoms with van der Waals surface area (Å²) < 4.78 is 0. The van der Waals surface area contributed by atoms with Gasteiger partial charge in [-0.3, -0.25) is 0 Å². The fourth-order valence-electron chi connectivity index (χ4n) is 3.19. The molecule has 0 heteroatoms. The summed E-state index contributed by atoms with van der Waals surface area (Å²) in [6.07, 6.45) is 8.58. The van der Waals surface area contributed by atoms with Crippen LogP contribution in [0.3, 0.4) is 0 Å². The van der Waals surface area contributed by atoms with Gasteiger partial charge in [-0.1, -0.05) is 53.9 Å². The van der Waals surface area contributed by atoms with E-state index in [0.717, 1.165) is 23.2 Å². The van der Waals surface area contributed by atoms with Gasteiger partial charge in [-0.25, -0.2) is 0 Å². The van der Waals surface area contributed by atoms with E-state index in [4.69, 9.17) is 0 Å². The second-order valence-electron chi connectivity index (χ2n) is 6.06. The Morgan fingerprint density at radius 3 is 2.27 bits per heavy atom. The van der Waals surface area contributed by atoms with Crippen molar-refractivity contribution in [2.75, 3.05) is 0 Å². The second-order valence-corrected chi connectivity index (χ2v) is 6.06. The molecule has 1 aliphatic rings. The molecule has 0 amide bonds. The van der Waals surface area contributed by atoms with E-state index in [9.17, 15) is 0 Å². The Bertz CT molecular complexity index is 184. The first-order valence-electron chi connectivity index (χ1n) is 7.07. The molecule has 15 heavy (non-hydrogen) atoms. The van der Waals surface area contributed by atoms with Crippen molar-refractivity contribution in [1.82, 2.24) is 0 Å². The van der Waals surface area contributed by atoms with E-state index in [1.807, 2.05) is 0 Å². The molecule has 0 aromatic heterocycles. The number of hydrogen-bond acceptors (Lipinski definition) is 0. The van der Waals surface area contributed by atoms with Crippen molar-refractivity contribution in [2.24, 2.45) is 23.2 Å². The molecule has 0 aromatic carbocycles. The molecule has 1 aliphatic carbocycles. The van der Waals surface area contributed by atoms with E-state index >= 15 is 0 Å². The van der Waals surface area contributed by atoms with Crippen molar-refractivity contribution in [1.29, 1.82) is 0 Å². The zero-order valence-corrected chi connectivity index (χ0v) is 11.5. The van der Waals surface area contributed by atoms with Gasteiger partial charge in [-0.2, -0.15) is 0 Å². The Morgan fingerprint density at radius 1 is 1.20 bits per heavy atom. The predicted octanol–water partition coefficient (Wildman–Crippen LogP) is 5.28. The fraction of sp³-hybridized carbons (Fsp3) is 1.00. The third-order valence-electron chi connectivity index (χ3n) is 5.09. The van der Waals surface area contributed by atoms with Gasteiger partial charge in [0.05, 0.1) is 0 Å². The molecular formula is C15H30. The quantitative estimate of drug-likeness (QED) is 0.536. The highest BCUT2D eigenvalue weighted by molar-refractivity contribution is 4.97. The molecule has 4 unspecified atom stereocenters. The monoisotopic (exact) mass is 210 g/mol. The molecule has 4 atom stereocenters. The fourth-order valence-corrected chi connectivity index (χ4v) is 3.19. The van der Waals surface area contributed by atoms with Crippen LogP contribution in [0.4, 0.5) is 0 Å². The molecule has 0 heterocycles. The lowest BCUT2D eigenvalue weighted by Crippen LogP contribution is -2.12. The molecule has 90 valence electrons. The van der Waals surface area contributed by atoms with Gasteiger partial charge in [0.15, 0.2) is 0 Å². The van der Waals surface area contributed by atoms with E-state index in [0.29, 0.717) is 0 Å². The van der Waals surface area contributed by atoms with Gasteiger partial charge in [-0.15, -0.1) is 0 Å². The van der Waals surface area contributed by atoms with Gasteiger partial charge in [0, 0.05) is 0 Å². The van der Waals surface area contributed by atoms with Crippen LogP contribution in [-0.2, 0) is 0 Å². The van der Waals surface area contributed by atoms with Crippen LogP contribution in [0.2, 0.25) is 0 Å². The maximum Gasteiger partial charge on any atom is -0.0294 e. The topological polar surface area (TPSA) is 0 Å². The minimum Gasteiger partial charge on any atom is -0.0651 e. The lowest BCUT2D eigenvalue weighted by molar-refractivity contribution is 0.280. The zero-order chi connectivity index (χ0) is 11.5. The minimum atomic E-state index is 0.732. The highest BCUT2D eigenvalue weighted by atomic mass is 14.5. The van der Waals surface area contributed by atoms with Gasteiger partial charge in [-0.05, 0) is 42.4 Å². The molecule has 0 aromatic rings. The summed E-state index contributed by atoms with van der Waals surface area (Å²) in [5, 5.41) is 0. The summed E-state index contributed by atoms with van der Waals surface area (Å²) in [5.74, 6) is 2.95. The van der Waals surface area contributed by atoms with Crippen molar-refractivity contribution in [3.63, 3.8) is 0 Å². The first-order chi connectivity index (χ1) is 7.07. The normalized spacial score (nSPS) is 33.8. The Morgan fingerprint density at radius 2 is 1.87 bits per heavy atom. The third kappa shape index (κ3) is 3.23. The number of rotatable bonds is 7. The van der Waals surface area contributed by atoms with Crippen molar-refractivity contribution < 1.29 is 0 Å². The van der Waals surface area contributed by atoms with Crippen LogP contribution < -0.4 is 0 Å². The van der Waals surface area contributed by atoms with Crippen LogP contribution in [0.5, 0.6) is 0 Å². The maximum atomic E-state index is 2.50. The van der Waals surface area contributed by atoms with E-state index in [-0.39, 0.29) is 0 Å². The standard InChI is InChI=1S/C15H30/c1-6-12(4)13(7-2)9-10-15(5)11-14(15)8-3/h12-14H,6-11H2,1-5H3. The van der Waals surface area contributed by atoms with Gasteiger partial charge < -0.3 is 0 Å². The van der Waals surface area contributed by atoms with Gasteiger partial charge in [0.25, 0.3) is 0 Å². The summed E-state index contributed by atoms with van der Waals surface area (Å²) in [6, 6.07) is 0. The Kier molecular flexibility index (Phi) is 4.67. The van der Waals surface area contributed by atoms with Crippen molar-refractivity contribution in [3.05, 3.63) is 0 Å². The molecule has 0 saturated heterocycles. The smallest absolute Gasteiger partial charge is 0.0294 e. The van der Waals surface area contributed by atoms with Crippen LogP contribution in [0, 0.1) is 23.2 Å². The lowest BCUT2D eigenvalue weighted by atomic mass is 9.83. The van der Waals surface area contributed by atoms with Crippen LogP contribution in [-0.4, -0.2) is 0 Å². The van der Waals surface area contributed by atoms with Crippen LogP contribution >= 0.6 is 0 Å². The van der Waals surface area contributed by atoms with Crippen LogP contribution in [0.1, 0.15) is 73.1 Å². The van der Waals surface area contributed by atoms with E-state index in [1.54, 1.807) is 0 Å². The molecule has 1 fully saturated rings. The predicted molar refractivity (Wildman–Crippen MR) is 69.0 cm³/mol. The molecule has 1 rings (SSSR count). The molecule has 0 aliphatic heterocycles. The number of hydrogen-bond donors (Lipinski definition) is 0. The maximum absolute atomic E-state index is 2.50. The largest absolute Gasteiger partial charge is 0.0651 e. The molecule has 1 saturated carbocycles. The van der Waals surface area contributed by atoms with Crippen LogP contribution in [0.15, 0.2) is 0 Å². The highest BCUT2D eigenvalue weighted by Gasteiger charge is 2.47. The second kappa shape index (κ2) is 5.37. The first-order valence-corrected chi connectivity index (χ1v) is 7.07. The Labute approximate surface area is 96.8 Å². The lowest BCUT2D eigenvalue weighted by Gasteiger charge is -2.23. The zero-order valence-electron chi connectivity index (χ0n) is 11.5. The SMILES string of the molecule is CCC(C)C(CC)CCC1(C)CC1CC. The average molecular weight is 210 g/mol. The molecule has 0 radical (unpaired) electrons. The van der Waals surface area contributed by atoms with Gasteiger partial charge in [0.1, 0.15) is 0 Å². The summed E-state index contributed by atoms with van der Waals surface area (Å²) >= 11 is 0. The van der Waals surface area contributed by atoms with Crippen molar-refractivity contribution in [2.45, 2.75) is 73.1 Å². The molecule has 0 spiro atoms. The van der Waals surface area contributed by atoms with E-state index < -0.39 is 0 Å².